The highest BCUT2D eigenvalue weighted by atomic mass is 16.5. The maximum Gasteiger partial charge on any atom is 0.335 e. The first-order valence-electron chi connectivity index (χ1n) is 6.72. The van der Waals surface area contributed by atoms with Crippen molar-refractivity contribution in [2.75, 3.05) is 0 Å². The van der Waals surface area contributed by atoms with E-state index in [-0.39, 0.29) is 16.7 Å². The summed E-state index contributed by atoms with van der Waals surface area (Å²) in [5, 5.41) is 21.2. The fraction of sp³-hybridized carbons (Fsp3) is 0. The van der Waals surface area contributed by atoms with Crippen molar-refractivity contribution in [1.29, 1.82) is 0 Å². The van der Waals surface area contributed by atoms with E-state index in [4.69, 9.17) is 10.3 Å². The summed E-state index contributed by atoms with van der Waals surface area (Å²) in [5.74, 6) is -2.24. The second kappa shape index (κ2) is 7.65. The molecular weight excluding hydrogens is 314 g/mol. The number of carbonyl (C=O) groups is 3. The van der Waals surface area contributed by atoms with Crippen LogP contribution in [-0.2, 0) is 0 Å². The smallest absolute Gasteiger partial charge is 0.335 e. The first-order chi connectivity index (χ1) is 11.5. The number of amides is 2. The third kappa shape index (κ3) is 4.24. The van der Waals surface area contributed by atoms with Gasteiger partial charge in [0.15, 0.2) is 0 Å². The van der Waals surface area contributed by atoms with Crippen molar-refractivity contribution in [2.45, 2.75) is 0 Å². The highest BCUT2D eigenvalue weighted by Crippen LogP contribution is 2.05. The lowest BCUT2D eigenvalue weighted by Crippen LogP contribution is -2.20. The Morgan fingerprint density at radius 3 is 2.12 bits per heavy atom. The SMILES string of the molecule is O=C(O)c1cccc(/C=N/NC(=O)c2ccc(C(=O)NO)cc2)c1. The number of carboxylic acid groups (broad SMARTS) is 1. The summed E-state index contributed by atoms with van der Waals surface area (Å²) in [6, 6.07) is 11.6. The Hall–Kier alpha value is -3.52. The van der Waals surface area contributed by atoms with E-state index in [1.165, 1.54) is 48.1 Å². The van der Waals surface area contributed by atoms with Gasteiger partial charge in [-0.3, -0.25) is 14.8 Å². The molecule has 2 aromatic carbocycles. The van der Waals surface area contributed by atoms with Crippen LogP contribution in [-0.4, -0.2) is 34.3 Å². The molecule has 0 radical (unpaired) electrons. The van der Waals surface area contributed by atoms with Gasteiger partial charge < -0.3 is 5.11 Å². The molecule has 0 aliphatic heterocycles. The number of hydroxylamine groups is 1. The van der Waals surface area contributed by atoms with Gasteiger partial charge in [-0.15, -0.1) is 0 Å². The first-order valence-corrected chi connectivity index (χ1v) is 6.72. The van der Waals surface area contributed by atoms with E-state index in [1.54, 1.807) is 12.1 Å². The Balaban J connectivity index is 2.01. The molecule has 4 N–H and O–H groups in total. The Bertz CT molecular complexity index is 800. The lowest BCUT2D eigenvalue weighted by atomic mass is 10.1. The van der Waals surface area contributed by atoms with Crippen molar-refractivity contribution in [3.8, 4) is 0 Å². The van der Waals surface area contributed by atoms with Gasteiger partial charge in [0.2, 0.25) is 0 Å². The number of rotatable bonds is 5. The summed E-state index contributed by atoms with van der Waals surface area (Å²) in [6.07, 6.45) is 1.32. The molecular formula is C16H13N3O5. The van der Waals surface area contributed by atoms with Gasteiger partial charge in [-0.25, -0.2) is 15.7 Å². The zero-order valence-electron chi connectivity index (χ0n) is 12.3. The Kier molecular flexibility index (Phi) is 5.37. The lowest BCUT2D eigenvalue weighted by Gasteiger charge is -2.02. The molecule has 24 heavy (non-hydrogen) atoms. The van der Waals surface area contributed by atoms with Crippen LogP contribution in [0.5, 0.6) is 0 Å². The normalized spacial score (nSPS) is 10.4. The number of hydrazone groups is 1. The number of nitrogens with zero attached hydrogens (tertiary/aromatic N) is 1. The molecule has 0 saturated heterocycles. The quantitative estimate of drug-likeness (QED) is 0.373. The van der Waals surface area contributed by atoms with Crippen molar-refractivity contribution in [1.82, 2.24) is 10.9 Å². The van der Waals surface area contributed by atoms with Crippen LogP contribution >= 0.6 is 0 Å². The van der Waals surface area contributed by atoms with Gasteiger partial charge in [0.25, 0.3) is 11.8 Å². The summed E-state index contributed by atoms with van der Waals surface area (Å²) in [6.45, 7) is 0. The van der Waals surface area contributed by atoms with Crippen LogP contribution in [0.3, 0.4) is 0 Å². The van der Waals surface area contributed by atoms with E-state index in [1.807, 2.05) is 0 Å². The molecule has 0 saturated carbocycles. The zero-order chi connectivity index (χ0) is 17.5. The van der Waals surface area contributed by atoms with E-state index < -0.39 is 17.8 Å². The zero-order valence-corrected chi connectivity index (χ0v) is 12.3. The summed E-state index contributed by atoms with van der Waals surface area (Å²) in [4.78, 5) is 33.9. The Morgan fingerprint density at radius 2 is 1.54 bits per heavy atom. The minimum atomic E-state index is -1.05. The molecule has 0 unspecified atom stereocenters. The van der Waals surface area contributed by atoms with E-state index in [0.717, 1.165) is 0 Å². The molecule has 122 valence electrons. The van der Waals surface area contributed by atoms with Crippen molar-refractivity contribution in [3.63, 3.8) is 0 Å². The highest BCUT2D eigenvalue weighted by Gasteiger charge is 2.07. The maximum absolute atomic E-state index is 11.9. The topological polar surface area (TPSA) is 128 Å². The number of benzene rings is 2. The van der Waals surface area contributed by atoms with E-state index in [9.17, 15) is 14.4 Å². The van der Waals surface area contributed by atoms with Crippen LogP contribution < -0.4 is 10.9 Å². The molecule has 0 aliphatic rings. The standard InChI is InChI=1S/C16H13N3O5/c20-14(11-4-6-12(7-5-11)15(21)19-24)18-17-9-10-2-1-3-13(8-10)16(22)23/h1-9,24H,(H,18,20)(H,19,21)(H,22,23)/b17-9+. The van der Waals surface area contributed by atoms with Crippen LogP contribution in [0.1, 0.15) is 36.6 Å². The van der Waals surface area contributed by atoms with Crippen LogP contribution in [0.4, 0.5) is 0 Å². The molecule has 0 bridgehead atoms. The van der Waals surface area contributed by atoms with Gasteiger partial charge in [-0.05, 0) is 42.0 Å². The number of carboxylic acids is 1. The van der Waals surface area contributed by atoms with Gasteiger partial charge in [-0.2, -0.15) is 5.10 Å². The third-order valence-electron chi connectivity index (χ3n) is 3.02. The minimum Gasteiger partial charge on any atom is -0.478 e. The van der Waals surface area contributed by atoms with E-state index >= 15 is 0 Å². The fourth-order valence-electron chi connectivity index (χ4n) is 1.82. The first kappa shape index (κ1) is 16.8. The van der Waals surface area contributed by atoms with Crippen molar-refractivity contribution >= 4 is 24.0 Å². The number of hydrogen-bond acceptors (Lipinski definition) is 5. The summed E-state index contributed by atoms with van der Waals surface area (Å²) in [7, 11) is 0. The number of aromatic carboxylic acids is 1. The average Bonchev–Trinajstić information content (AvgIpc) is 2.61. The van der Waals surface area contributed by atoms with Crippen LogP contribution in [0.15, 0.2) is 53.6 Å². The molecule has 2 aromatic rings. The molecule has 0 heterocycles. The molecule has 0 atom stereocenters. The molecule has 0 aliphatic carbocycles. The van der Waals surface area contributed by atoms with Crippen molar-refractivity contribution in [2.24, 2.45) is 5.10 Å². The van der Waals surface area contributed by atoms with E-state index in [0.29, 0.717) is 5.56 Å². The monoisotopic (exact) mass is 327 g/mol. The summed E-state index contributed by atoms with van der Waals surface area (Å²) < 4.78 is 0. The van der Waals surface area contributed by atoms with Gasteiger partial charge >= 0.3 is 5.97 Å². The molecule has 2 amide bonds. The van der Waals surface area contributed by atoms with Crippen molar-refractivity contribution in [3.05, 3.63) is 70.8 Å². The highest BCUT2D eigenvalue weighted by molar-refractivity contribution is 5.98. The molecule has 0 fully saturated rings. The molecule has 8 heteroatoms. The third-order valence-corrected chi connectivity index (χ3v) is 3.02. The predicted octanol–water partition coefficient (Wildman–Crippen LogP) is 1.27. The van der Waals surface area contributed by atoms with Crippen LogP contribution in [0.2, 0.25) is 0 Å². The van der Waals surface area contributed by atoms with Gasteiger partial charge in [-0.1, -0.05) is 12.1 Å². The second-order valence-corrected chi connectivity index (χ2v) is 4.65. The lowest BCUT2D eigenvalue weighted by molar-refractivity contribution is 0.0693. The average molecular weight is 327 g/mol. The van der Waals surface area contributed by atoms with Crippen LogP contribution in [0, 0.1) is 0 Å². The minimum absolute atomic E-state index is 0.114. The van der Waals surface area contributed by atoms with E-state index in [2.05, 4.69) is 10.5 Å². The predicted molar refractivity (Wildman–Crippen MR) is 84.2 cm³/mol. The molecule has 2 rings (SSSR count). The van der Waals surface area contributed by atoms with Gasteiger partial charge in [0.05, 0.1) is 11.8 Å². The van der Waals surface area contributed by atoms with Gasteiger partial charge in [0.1, 0.15) is 0 Å². The summed E-state index contributed by atoms with van der Waals surface area (Å²) >= 11 is 0. The molecule has 8 nitrogen and oxygen atoms in total. The number of nitrogens with one attached hydrogen (secondary N) is 2. The molecule has 0 aromatic heterocycles. The van der Waals surface area contributed by atoms with Gasteiger partial charge in [0, 0.05) is 11.1 Å². The summed E-state index contributed by atoms with van der Waals surface area (Å²) in [5.41, 5.74) is 4.88. The Labute approximate surface area is 136 Å². The molecule has 0 spiro atoms. The largest absolute Gasteiger partial charge is 0.478 e. The second-order valence-electron chi connectivity index (χ2n) is 4.65. The fourth-order valence-corrected chi connectivity index (χ4v) is 1.82. The maximum atomic E-state index is 11.9. The van der Waals surface area contributed by atoms with Crippen LogP contribution in [0.25, 0.3) is 0 Å². The Morgan fingerprint density at radius 1 is 0.917 bits per heavy atom. The van der Waals surface area contributed by atoms with Crippen molar-refractivity contribution < 1.29 is 24.7 Å². The number of hydrogen-bond donors (Lipinski definition) is 4. The number of carbonyl (C=O) groups excluding carboxylic acids is 2.